The second-order valence-corrected chi connectivity index (χ2v) is 4.74. The molecule has 2 atom stereocenters. The zero-order chi connectivity index (χ0) is 11.8. The molecule has 3 N–H and O–H groups in total. The highest BCUT2D eigenvalue weighted by Gasteiger charge is 2.37. The Morgan fingerprint density at radius 1 is 1.53 bits per heavy atom. The highest BCUT2D eigenvalue weighted by molar-refractivity contribution is 5.99. The maximum Gasteiger partial charge on any atom is 0.152 e. The van der Waals surface area contributed by atoms with Crippen molar-refractivity contribution in [1.82, 2.24) is 10.8 Å². The molecule has 1 aromatic carbocycles. The summed E-state index contributed by atoms with van der Waals surface area (Å²) >= 11 is 0. The molecule has 1 aliphatic heterocycles. The predicted molar refractivity (Wildman–Crippen MR) is 66.4 cm³/mol. The summed E-state index contributed by atoms with van der Waals surface area (Å²) in [6.45, 7) is 1.12. The van der Waals surface area contributed by atoms with Gasteiger partial charge in [-0.15, -0.1) is 0 Å². The second kappa shape index (κ2) is 4.13. The SMILES string of the molecule is CN=C(NO)c1cccc2c1CC1CCNC21. The molecule has 0 aromatic heterocycles. The van der Waals surface area contributed by atoms with Crippen LogP contribution in [-0.2, 0) is 6.42 Å². The Balaban J connectivity index is 2.07. The van der Waals surface area contributed by atoms with E-state index >= 15 is 0 Å². The molecule has 90 valence electrons. The Morgan fingerprint density at radius 2 is 2.41 bits per heavy atom. The van der Waals surface area contributed by atoms with Crippen LogP contribution in [0.3, 0.4) is 0 Å². The average molecular weight is 231 g/mol. The minimum Gasteiger partial charge on any atom is -0.310 e. The van der Waals surface area contributed by atoms with Crippen LogP contribution in [0.4, 0.5) is 0 Å². The first kappa shape index (κ1) is 10.7. The van der Waals surface area contributed by atoms with E-state index in [9.17, 15) is 0 Å². The highest BCUT2D eigenvalue weighted by Crippen LogP contribution is 2.42. The maximum atomic E-state index is 9.12. The van der Waals surface area contributed by atoms with Gasteiger partial charge in [0, 0.05) is 18.7 Å². The lowest BCUT2D eigenvalue weighted by Crippen LogP contribution is -2.22. The lowest BCUT2D eigenvalue weighted by molar-refractivity contribution is 0.235. The number of fused-ring (bicyclic) bond motifs is 3. The first-order valence-corrected chi connectivity index (χ1v) is 6.07. The van der Waals surface area contributed by atoms with Crippen molar-refractivity contribution >= 4 is 5.84 Å². The minimum atomic E-state index is 0.502. The van der Waals surface area contributed by atoms with E-state index in [4.69, 9.17) is 5.21 Å². The first-order chi connectivity index (χ1) is 8.35. The monoisotopic (exact) mass is 231 g/mol. The number of amidine groups is 1. The van der Waals surface area contributed by atoms with Crippen molar-refractivity contribution in [1.29, 1.82) is 0 Å². The van der Waals surface area contributed by atoms with E-state index < -0.39 is 0 Å². The molecule has 0 spiro atoms. The van der Waals surface area contributed by atoms with Crippen LogP contribution in [0.25, 0.3) is 0 Å². The lowest BCUT2D eigenvalue weighted by Gasteiger charge is -2.12. The Hall–Kier alpha value is -1.39. The molecule has 1 aliphatic carbocycles. The summed E-state index contributed by atoms with van der Waals surface area (Å²) in [5.74, 6) is 1.27. The summed E-state index contributed by atoms with van der Waals surface area (Å²) in [6, 6.07) is 6.75. The summed E-state index contributed by atoms with van der Waals surface area (Å²) in [5.41, 5.74) is 5.93. The fraction of sp³-hybridized carbons (Fsp3) is 0.462. The van der Waals surface area contributed by atoms with Gasteiger partial charge in [0.25, 0.3) is 0 Å². The Kier molecular flexibility index (Phi) is 2.61. The van der Waals surface area contributed by atoms with Gasteiger partial charge >= 0.3 is 0 Å². The molecule has 1 saturated heterocycles. The van der Waals surface area contributed by atoms with Gasteiger partial charge in [-0.05, 0) is 36.4 Å². The van der Waals surface area contributed by atoms with Crippen LogP contribution in [0, 0.1) is 5.92 Å². The van der Waals surface area contributed by atoms with E-state index in [0.717, 1.165) is 18.5 Å². The van der Waals surface area contributed by atoms with Gasteiger partial charge in [0.15, 0.2) is 5.84 Å². The van der Waals surface area contributed by atoms with E-state index in [0.29, 0.717) is 17.8 Å². The van der Waals surface area contributed by atoms with Gasteiger partial charge in [0.2, 0.25) is 0 Å². The lowest BCUT2D eigenvalue weighted by atomic mass is 10.0. The number of nitrogens with one attached hydrogen (secondary N) is 2. The summed E-state index contributed by atoms with van der Waals surface area (Å²) < 4.78 is 0. The van der Waals surface area contributed by atoms with Gasteiger partial charge in [-0.3, -0.25) is 15.7 Å². The van der Waals surface area contributed by atoms with Crippen molar-refractivity contribution in [2.75, 3.05) is 13.6 Å². The second-order valence-electron chi connectivity index (χ2n) is 4.74. The van der Waals surface area contributed by atoms with Crippen molar-refractivity contribution in [3.63, 3.8) is 0 Å². The third-order valence-electron chi connectivity index (χ3n) is 3.95. The van der Waals surface area contributed by atoms with Crippen molar-refractivity contribution < 1.29 is 5.21 Å². The van der Waals surface area contributed by atoms with Crippen LogP contribution in [-0.4, -0.2) is 24.6 Å². The van der Waals surface area contributed by atoms with E-state index in [1.807, 2.05) is 12.1 Å². The molecule has 0 amide bonds. The molecule has 2 aliphatic rings. The summed E-state index contributed by atoms with van der Waals surface area (Å²) in [6.07, 6.45) is 2.33. The number of benzene rings is 1. The molecule has 2 unspecified atom stereocenters. The predicted octanol–water partition coefficient (Wildman–Crippen LogP) is 1.25. The van der Waals surface area contributed by atoms with Gasteiger partial charge in [0.1, 0.15) is 0 Å². The van der Waals surface area contributed by atoms with Gasteiger partial charge in [-0.2, -0.15) is 0 Å². The minimum absolute atomic E-state index is 0.502. The molecule has 1 aromatic rings. The van der Waals surface area contributed by atoms with Crippen molar-refractivity contribution in [2.45, 2.75) is 18.9 Å². The first-order valence-electron chi connectivity index (χ1n) is 6.07. The normalized spacial score (nSPS) is 26.8. The van der Waals surface area contributed by atoms with Crippen molar-refractivity contribution in [2.24, 2.45) is 10.9 Å². The topological polar surface area (TPSA) is 56.7 Å². The van der Waals surface area contributed by atoms with Crippen LogP contribution in [0.1, 0.15) is 29.2 Å². The smallest absolute Gasteiger partial charge is 0.152 e. The Bertz CT molecular complexity index is 470. The number of rotatable bonds is 1. The van der Waals surface area contributed by atoms with Crippen LogP contribution >= 0.6 is 0 Å². The summed E-state index contributed by atoms with van der Waals surface area (Å²) in [7, 11) is 1.69. The quantitative estimate of drug-likeness (QED) is 0.387. The fourth-order valence-corrected chi connectivity index (χ4v) is 3.18. The molecule has 0 bridgehead atoms. The third-order valence-corrected chi connectivity index (χ3v) is 3.95. The molecule has 17 heavy (non-hydrogen) atoms. The largest absolute Gasteiger partial charge is 0.310 e. The van der Waals surface area contributed by atoms with Crippen molar-refractivity contribution in [3.8, 4) is 0 Å². The van der Waals surface area contributed by atoms with Gasteiger partial charge in [0.05, 0.1) is 0 Å². The molecule has 4 nitrogen and oxygen atoms in total. The zero-order valence-corrected chi connectivity index (χ0v) is 9.90. The molecule has 1 heterocycles. The Morgan fingerprint density at radius 3 is 3.18 bits per heavy atom. The van der Waals surface area contributed by atoms with E-state index in [2.05, 4.69) is 21.9 Å². The maximum absolute atomic E-state index is 9.12. The van der Waals surface area contributed by atoms with E-state index in [1.165, 1.54) is 17.5 Å². The third kappa shape index (κ3) is 1.56. The van der Waals surface area contributed by atoms with E-state index in [-0.39, 0.29) is 0 Å². The average Bonchev–Trinajstić information content (AvgIpc) is 2.91. The van der Waals surface area contributed by atoms with Crippen LogP contribution in [0.2, 0.25) is 0 Å². The van der Waals surface area contributed by atoms with Crippen LogP contribution in [0.15, 0.2) is 23.2 Å². The van der Waals surface area contributed by atoms with Crippen LogP contribution in [0.5, 0.6) is 0 Å². The molecular formula is C13H17N3O. The summed E-state index contributed by atoms with van der Waals surface area (Å²) in [5, 5.41) is 12.7. The highest BCUT2D eigenvalue weighted by atomic mass is 16.5. The summed E-state index contributed by atoms with van der Waals surface area (Å²) in [4.78, 5) is 4.08. The molecule has 0 saturated carbocycles. The Labute approximate surface area is 101 Å². The molecule has 0 radical (unpaired) electrons. The molecular weight excluding hydrogens is 214 g/mol. The number of hydrogen-bond acceptors (Lipinski definition) is 3. The number of hydroxylamine groups is 1. The fourth-order valence-electron chi connectivity index (χ4n) is 3.18. The number of hydrogen-bond donors (Lipinski definition) is 3. The van der Waals surface area contributed by atoms with Crippen molar-refractivity contribution in [3.05, 3.63) is 34.9 Å². The zero-order valence-electron chi connectivity index (χ0n) is 9.90. The van der Waals surface area contributed by atoms with Gasteiger partial charge in [-0.1, -0.05) is 18.2 Å². The van der Waals surface area contributed by atoms with Crippen LogP contribution < -0.4 is 10.8 Å². The standard InChI is InChI=1S/C13H17N3O/c1-14-13(16-17)10-4-2-3-9-11(10)7-8-5-6-15-12(8)9/h2-4,8,12,15,17H,5-7H2,1H3,(H,14,16). The molecule has 4 heteroatoms. The van der Waals surface area contributed by atoms with Gasteiger partial charge in [-0.25, -0.2) is 0 Å². The molecule has 3 rings (SSSR count). The number of nitrogens with zero attached hydrogens (tertiary/aromatic N) is 1. The molecule has 1 fully saturated rings. The number of aliphatic imine (C=N–C) groups is 1. The van der Waals surface area contributed by atoms with Gasteiger partial charge < -0.3 is 5.32 Å². The van der Waals surface area contributed by atoms with E-state index in [1.54, 1.807) is 7.05 Å².